The second kappa shape index (κ2) is 10.2. The van der Waals surface area contributed by atoms with E-state index >= 15 is 0 Å². The molecule has 1 amide bonds. The number of nitrogens with one attached hydrogen (secondary N) is 1. The van der Waals surface area contributed by atoms with Crippen molar-refractivity contribution in [2.24, 2.45) is 0 Å². The summed E-state index contributed by atoms with van der Waals surface area (Å²) < 4.78 is 18.4. The highest BCUT2D eigenvalue weighted by atomic mass is 19.1. The SMILES string of the molecule is O=C(CCCn1nnc(-c2ccc(F)cc2)n1)Nc1ccccc1CN1CCOCC1. The molecule has 0 saturated carbocycles. The molecule has 8 nitrogen and oxygen atoms in total. The standard InChI is InChI=1S/C22H25FN6O2/c23-19-9-7-17(8-10-19)22-25-27-29(26-22)11-3-6-21(30)24-20-5-2-1-4-18(20)16-28-12-14-31-15-13-28/h1-2,4-5,7-10H,3,6,11-16H2,(H,24,30). The van der Waals surface area contributed by atoms with Gasteiger partial charge >= 0.3 is 0 Å². The van der Waals surface area contributed by atoms with E-state index in [2.05, 4.69) is 25.6 Å². The smallest absolute Gasteiger partial charge is 0.224 e. The van der Waals surface area contributed by atoms with Crippen LogP contribution < -0.4 is 5.32 Å². The Morgan fingerprint density at radius 2 is 1.87 bits per heavy atom. The fourth-order valence-corrected chi connectivity index (χ4v) is 3.43. The first-order valence-corrected chi connectivity index (χ1v) is 10.4. The van der Waals surface area contributed by atoms with E-state index in [0.29, 0.717) is 30.8 Å². The summed E-state index contributed by atoms with van der Waals surface area (Å²) in [6, 6.07) is 13.8. The number of aryl methyl sites for hydroxylation is 1. The summed E-state index contributed by atoms with van der Waals surface area (Å²) in [6.07, 6.45) is 0.927. The second-order valence-corrected chi connectivity index (χ2v) is 7.41. The third-order valence-electron chi connectivity index (χ3n) is 5.11. The zero-order valence-electron chi connectivity index (χ0n) is 17.2. The Kier molecular flexibility index (Phi) is 6.96. The first-order chi connectivity index (χ1) is 15.2. The first kappa shape index (κ1) is 21.1. The maximum atomic E-state index is 13.0. The second-order valence-electron chi connectivity index (χ2n) is 7.41. The molecule has 2 heterocycles. The number of carbonyl (C=O) groups excluding carboxylic acids is 1. The van der Waals surface area contributed by atoms with Gasteiger partial charge in [0.2, 0.25) is 11.7 Å². The molecule has 0 spiro atoms. The van der Waals surface area contributed by atoms with Crippen molar-refractivity contribution < 1.29 is 13.9 Å². The van der Waals surface area contributed by atoms with Crippen molar-refractivity contribution in [1.29, 1.82) is 0 Å². The van der Waals surface area contributed by atoms with E-state index in [-0.39, 0.29) is 11.7 Å². The molecular formula is C22H25FN6O2. The van der Waals surface area contributed by atoms with Gasteiger partial charge in [-0.25, -0.2) is 4.39 Å². The largest absolute Gasteiger partial charge is 0.379 e. The first-order valence-electron chi connectivity index (χ1n) is 10.4. The van der Waals surface area contributed by atoms with E-state index < -0.39 is 0 Å². The van der Waals surface area contributed by atoms with Gasteiger partial charge < -0.3 is 10.1 Å². The number of para-hydroxylation sites is 1. The lowest BCUT2D eigenvalue weighted by Gasteiger charge is -2.27. The van der Waals surface area contributed by atoms with Gasteiger partial charge in [-0.15, -0.1) is 10.2 Å². The van der Waals surface area contributed by atoms with Crippen LogP contribution in [0.4, 0.5) is 10.1 Å². The van der Waals surface area contributed by atoms with E-state index in [9.17, 15) is 9.18 Å². The van der Waals surface area contributed by atoms with E-state index in [0.717, 1.165) is 44.1 Å². The monoisotopic (exact) mass is 424 g/mol. The summed E-state index contributed by atoms with van der Waals surface area (Å²) >= 11 is 0. The maximum Gasteiger partial charge on any atom is 0.224 e. The van der Waals surface area contributed by atoms with E-state index in [4.69, 9.17) is 4.74 Å². The molecular weight excluding hydrogens is 399 g/mol. The average Bonchev–Trinajstić information content (AvgIpc) is 3.25. The van der Waals surface area contributed by atoms with Crippen LogP contribution in [0.3, 0.4) is 0 Å². The zero-order chi connectivity index (χ0) is 21.5. The number of carbonyl (C=O) groups is 1. The Hall–Kier alpha value is -3.17. The normalized spacial score (nSPS) is 14.5. The Morgan fingerprint density at radius 1 is 1.10 bits per heavy atom. The molecule has 0 bridgehead atoms. The number of anilines is 1. The number of halogens is 1. The van der Waals surface area contributed by atoms with Crippen LogP contribution in [0.1, 0.15) is 18.4 Å². The van der Waals surface area contributed by atoms with Gasteiger partial charge in [0, 0.05) is 37.3 Å². The van der Waals surface area contributed by atoms with E-state index in [1.54, 1.807) is 12.1 Å². The van der Waals surface area contributed by atoms with Crippen molar-refractivity contribution in [3.63, 3.8) is 0 Å². The molecule has 0 atom stereocenters. The van der Waals surface area contributed by atoms with Gasteiger partial charge in [0.05, 0.1) is 19.8 Å². The summed E-state index contributed by atoms with van der Waals surface area (Å²) in [6.45, 7) is 4.54. The predicted octanol–water partition coefficient (Wildman–Crippen LogP) is 2.73. The topological polar surface area (TPSA) is 85.2 Å². The van der Waals surface area contributed by atoms with Crippen LogP contribution in [-0.4, -0.2) is 57.3 Å². The molecule has 4 rings (SSSR count). The van der Waals surface area contributed by atoms with E-state index in [1.165, 1.54) is 16.9 Å². The number of benzene rings is 2. The average molecular weight is 424 g/mol. The number of aromatic nitrogens is 4. The lowest BCUT2D eigenvalue weighted by Crippen LogP contribution is -2.35. The van der Waals surface area contributed by atoms with Gasteiger partial charge in [0.25, 0.3) is 0 Å². The number of ether oxygens (including phenoxy) is 1. The minimum absolute atomic E-state index is 0.0479. The van der Waals surface area contributed by atoms with Crippen LogP contribution in [0.15, 0.2) is 48.5 Å². The molecule has 0 unspecified atom stereocenters. The highest BCUT2D eigenvalue weighted by Crippen LogP contribution is 2.18. The quantitative estimate of drug-likeness (QED) is 0.599. The number of nitrogens with zero attached hydrogens (tertiary/aromatic N) is 5. The number of hydrogen-bond acceptors (Lipinski definition) is 6. The Morgan fingerprint density at radius 3 is 2.68 bits per heavy atom. The highest BCUT2D eigenvalue weighted by molar-refractivity contribution is 5.91. The summed E-state index contributed by atoms with van der Waals surface area (Å²) in [4.78, 5) is 16.2. The molecule has 0 aliphatic carbocycles. The molecule has 9 heteroatoms. The van der Waals surface area contributed by atoms with Gasteiger partial charge in [-0.05, 0) is 47.5 Å². The molecule has 0 radical (unpaired) electrons. The molecule has 1 aliphatic heterocycles. The fourth-order valence-electron chi connectivity index (χ4n) is 3.43. The number of morpholine rings is 1. The van der Waals surface area contributed by atoms with Gasteiger partial charge in [0.15, 0.2) is 0 Å². The van der Waals surface area contributed by atoms with Gasteiger partial charge in [0.1, 0.15) is 5.82 Å². The Labute approximate surface area is 180 Å². The zero-order valence-corrected chi connectivity index (χ0v) is 17.2. The molecule has 1 fully saturated rings. The van der Waals surface area contributed by atoms with Crippen LogP contribution >= 0.6 is 0 Å². The number of hydrogen-bond donors (Lipinski definition) is 1. The predicted molar refractivity (Wildman–Crippen MR) is 114 cm³/mol. The molecule has 1 saturated heterocycles. The minimum Gasteiger partial charge on any atom is -0.379 e. The number of rotatable bonds is 8. The minimum atomic E-state index is -0.311. The molecule has 31 heavy (non-hydrogen) atoms. The maximum absolute atomic E-state index is 13.0. The third-order valence-corrected chi connectivity index (χ3v) is 5.11. The van der Waals surface area contributed by atoms with Gasteiger partial charge in [-0.1, -0.05) is 18.2 Å². The molecule has 1 aromatic heterocycles. The summed E-state index contributed by atoms with van der Waals surface area (Å²) in [7, 11) is 0. The lowest BCUT2D eigenvalue weighted by molar-refractivity contribution is -0.116. The van der Waals surface area contributed by atoms with Crippen molar-refractivity contribution in [3.8, 4) is 11.4 Å². The van der Waals surface area contributed by atoms with Crippen LogP contribution in [0.25, 0.3) is 11.4 Å². The molecule has 2 aromatic carbocycles. The van der Waals surface area contributed by atoms with E-state index in [1.807, 2.05) is 24.3 Å². The van der Waals surface area contributed by atoms with Gasteiger partial charge in [-0.2, -0.15) is 4.80 Å². The summed E-state index contributed by atoms with van der Waals surface area (Å²) in [5.74, 6) is 0.0727. The highest BCUT2D eigenvalue weighted by Gasteiger charge is 2.14. The van der Waals surface area contributed by atoms with Crippen LogP contribution in [0, 0.1) is 5.82 Å². The van der Waals surface area contributed by atoms with Crippen LogP contribution in [0.2, 0.25) is 0 Å². The van der Waals surface area contributed by atoms with Crippen LogP contribution in [-0.2, 0) is 22.6 Å². The number of amides is 1. The fraction of sp³-hybridized carbons (Fsp3) is 0.364. The van der Waals surface area contributed by atoms with Gasteiger partial charge in [-0.3, -0.25) is 9.69 Å². The summed E-state index contributed by atoms with van der Waals surface area (Å²) in [5.41, 5.74) is 2.64. The summed E-state index contributed by atoms with van der Waals surface area (Å²) in [5, 5.41) is 15.3. The lowest BCUT2D eigenvalue weighted by atomic mass is 10.1. The molecule has 162 valence electrons. The molecule has 1 N–H and O–H groups in total. The molecule has 3 aromatic rings. The van der Waals surface area contributed by atoms with Crippen LogP contribution in [0.5, 0.6) is 0 Å². The number of tetrazole rings is 1. The van der Waals surface area contributed by atoms with Crippen molar-refractivity contribution in [2.75, 3.05) is 31.6 Å². The third kappa shape index (κ3) is 5.93. The van der Waals surface area contributed by atoms with Crippen molar-refractivity contribution in [1.82, 2.24) is 25.1 Å². The van der Waals surface area contributed by atoms with Crippen molar-refractivity contribution >= 4 is 11.6 Å². The van der Waals surface area contributed by atoms with Crippen molar-refractivity contribution in [2.45, 2.75) is 25.9 Å². The van der Waals surface area contributed by atoms with Crippen molar-refractivity contribution in [3.05, 3.63) is 59.9 Å². The Balaban J connectivity index is 1.27. The Bertz CT molecular complexity index is 1000. The molecule has 1 aliphatic rings.